The number of phenolic OH excluding ortho intramolecular Hbond substituents is 1. The van der Waals surface area contributed by atoms with Crippen LogP contribution in [0.3, 0.4) is 0 Å². The van der Waals surface area contributed by atoms with Gasteiger partial charge in [-0.3, -0.25) is 4.79 Å². The summed E-state index contributed by atoms with van der Waals surface area (Å²) in [5, 5.41) is 12.5. The van der Waals surface area contributed by atoms with Gasteiger partial charge in [0.1, 0.15) is 0 Å². The van der Waals surface area contributed by atoms with Gasteiger partial charge in [0.25, 0.3) is 5.91 Å². The smallest absolute Gasteiger partial charge is 0.251 e. The molecule has 1 atom stereocenters. The van der Waals surface area contributed by atoms with Gasteiger partial charge in [-0.15, -0.1) is 0 Å². The minimum Gasteiger partial charge on any atom is -0.504 e. The summed E-state index contributed by atoms with van der Waals surface area (Å²) >= 11 is 0. The lowest BCUT2D eigenvalue weighted by Crippen LogP contribution is -2.46. The maximum absolute atomic E-state index is 12.1. The number of carbonyl (C=O) groups is 1. The Labute approximate surface area is 113 Å². The molecule has 1 fully saturated rings. The number of hydrogen-bond donors (Lipinski definition) is 2. The van der Waals surface area contributed by atoms with Crippen molar-refractivity contribution in [3.05, 3.63) is 23.8 Å². The summed E-state index contributed by atoms with van der Waals surface area (Å²) in [6, 6.07) is 4.81. The number of piperidine rings is 1. The number of aromatic hydroxyl groups is 1. The lowest BCUT2D eigenvalue weighted by atomic mass is 10.1. The standard InChI is InChI=1S/C14H20N2O3/c1-16-7-3-4-11(9-16)15-14(18)10-5-6-12(17)13(8-10)19-2/h5-6,8,11,17H,3-4,7,9H2,1-2H3,(H,15,18). The zero-order valence-electron chi connectivity index (χ0n) is 11.3. The largest absolute Gasteiger partial charge is 0.504 e. The average Bonchev–Trinajstić information content (AvgIpc) is 2.39. The first-order chi connectivity index (χ1) is 9.10. The molecule has 1 heterocycles. The van der Waals surface area contributed by atoms with Crippen LogP contribution in [-0.4, -0.2) is 49.2 Å². The number of methoxy groups -OCH3 is 1. The van der Waals surface area contributed by atoms with Crippen LogP contribution in [0.25, 0.3) is 0 Å². The van der Waals surface area contributed by atoms with E-state index in [1.807, 2.05) is 0 Å². The lowest BCUT2D eigenvalue weighted by Gasteiger charge is -2.30. The monoisotopic (exact) mass is 264 g/mol. The fraction of sp³-hybridized carbons (Fsp3) is 0.500. The van der Waals surface area contributed by atoms with Gasteiger partial charge in [-0.1, -0.05) is 0 Å². The summed E-state index contributed by atoms with van der Waals surface area (Å²) in [6.45, 7) is 1.96. The Kier molecular flexibility index (Phi) is 4.27. The van der Waals surface area contributed by atoms with Crippen LogP contribution in [0.1, 0.15) is 23.2 Å². The number of likely N-dealkylation sites (tertiary alicyclic amines) is 1. The van der Waals surface area contributed by atoms with Crippen LogP contribution in [-0.2, 0) is 0 Å². The van der Waals surface area contributed by atoms with Crippen molar-refractivity contribution in [1.29, 1.82) is 0 Å². The maximum Gasteiger partial charge on any atom is 0.251 e. The highest BCUT2D eigenvalue weighted by atomic mass is 16.5. The maximum atomic E-state index is 12.1. The number of nitrogens with zero attached hydrogens (tertiary/aromatic N) is 1. The fourth-order valence-corrected chi connectivity index (χ4v) is 2.37. The molecule has 1 saturated heterocycles. The van der Waals surface area contributed by atoms with Crippen molar-refractivity contribution in [2.24, 2.45) is 0 Å². The summed E-state index contributed by atoms with van der Waals surface area (Å²) in [5.41, 5.74) is 0.503. The molecule has 0 aliphatic carbocycles. The van der Waals surface area contributed by atoms with Crippen LogP contribution in [0.4, 0.5) is 0 Å². The van der Waals surface area contributed by atoms with Crippen LogP contribution in [0.2, 0.25) is 0 Å². The van der Waals surface area contributed by atoms with E-state index in [-0.39, 0.29) is 17.7 Å². The molecule has 0 bridgehead atoms. The summed E-state index contributed by atoms with van der Waals surface area (Å²) in [7, 11) is 3.52. The molecule has 1 aliphatic heterocycles. The Morgan fingerprint density at radius 2 is 2.32 bits per heavy atom. The molecular formula is C14H20N2O3. The van der Waals surface area contributed by atoms with Crippen molar-refractivity contribution in [2.45, 2.75) is 18.9 Å². The number of ether oxygens (including phenoxy) is 1. The SMILES string of the molecule is COc1cc(C(=O)NC2CCCN(C)C2)ccc1O. The Bertz CT molecular complexity index is 462. The minimum absolute atomic E-state index is 0.0384. The second-order valence-corrected chi connectivity index (χ2v) is 4.96. The van der Waals surface area contributed by atoms with Gasteiger partial charge in [-0.05, 0) is 44.6 Å². The van der Waals surface area contributed by atoms with Gasteiger partial charge in [0.15, 0.2) is 11.5 Å². The molecule has 104 valence electrons. The number of hydrogen-bond acceptors (Lipinski definition) is 4. The molecule has 1 unspecified atom stereocenters. The number of carbonyl (C=O) groups excluding carboxylic acids is 1. The van der Waals surface area contributed by atoms with E-state index < -0.39 is 0 Å². The predicted octanol–water partition coefficient (Wildman–Crippen LogP) is 1.22. The quantitative estimate of drug-likeness (QED) is 0.862. The molecule has 2 rings (SSSR count). The summed E-state index contributed by atoms with van der Waals surface area (Å²) in [4.78, 5) is 14.3. The Hall–Kier alpha value is -1.75. The van der Waals surface area contributed by atoms with Crippen LogP contribution in [0.15, 0.2) is 18.2 Å². The molecule has 19 heavy (non-hydrogen) atoms. The number of amides is 1. The van der Waals surface area contributed by atoms with Gasteiger partial charge in [-0.25, -0.2) is 0 Å². The lowest BCUT2D eigenvalue weighted by molar-refractivity contribution is 0.0912. The highest BCUT2D eigenvalue weighted by Gasteiger charge is 2.20. The normalized spacial score (nSPS) is 20.0. The zero-order valence-corrected chi connectivity index (χ0v) is 11.3. The first kappa shape index (κ1) is 13.7. The molecule has 5 nitrogen and oxygen atoms in total. The molecule has 0 aromatic heterocycles. The molecule has 1 aliphatic rings. The number of nitrogens with one attached hydrogen (secondary N) is 1. The molecule has 1 aromatic rings. The molecule has 0 radical (unpaired) electrons. The van der Waals surface area contributed by atoms with E-state index in [0.717, 1.165) is 25.9 Å². The molecule has 1 amide bonds. The Balaban J connectivity index is 2.03. The highest BCUT2D eigenvalue weighted by molar-refractivity contribution is 5.95. The fourth-order valence-electron chi connectivity index (χ4n) is 2.37. The summed E-state index contributed by atoms with van der Waals surface area (Å²) < 4.78 is 5.00. The van der Waals surface area contributed by atoms with E-state index in [9.17, 15) is 9.90 Å². The van der Waals surface area contributed by atoms with E-state index in [2.05, 4.69) is 17.3 Å². The van der Waals surface area contributed by atoms with Crippen molar-refractivity contribution in [2.75, 3.05) is 27.2 Å². The van der Waals surface area contributed by atoms with Crippen LogP contribution in [0.5, 0.6) is 11.5 Å². The molecule has 1 aromatic carbocycles. The Morgan fingerprint density at radius 1 is 1.53 bits per heavy atom. The van der Waals surface area contributed by atoms with Crippen LogP contribution in [0, 0.1) is 0 Å². The average molecular weight is 264 g/mol. The van der Waals surface area contributed by atoms with Crippen LogP contribution >= 0.6 is 0 Å². The molecular weight excluding hydrogens is 244 g/mol. The number of likely N-dealkylation sites (N-methyl/N-ethyl adjacent to an activating group) is 1. The second kappa shape index (κ2) is 5.93. The third-order valence-corrected chi connectivity index (χ3v) is 3.40. The van der Waals surface area contributed by atoms with Crippen molar-refractivity contribution >= 4 is 5.91 Å². The number of phenols is 1. The van der Waals surface area contributed by atoms with E-state index >= 15 is 0 Å². The van der Waals surface area contributed by atoms with Gasteiger partial charge in [0, 0.05) is 18.2 Å². The van der Waals surface area contributed by atoms with E-state index in [1.165, 1.54) is 13.2 Å². The topological polar surface area (TPSA) is 61.8 Å². The van der Waals surface area contributed by atoms with Gasteiger partial charge in [0.05, 0.1) is 7.11 Å². The third kappa shape index (κ3) is 3.38. The van der Waals surface area contributed by atoms with Gasteiger partial charge in [-0.2, -0.15) is 0 Å². The third-order valence-electron chi connectivity index (χ3n) is 3.40. The molecule has 5 heteroatoms. The molecule has 0 saturated carbocycles. The van der Waals surface area contributed by atoms with Crippen molar-refractivity contribution < 1.29 is 14.6 Å². The van der Waals surface area contributed by atoms with Gasteiger partial charge >= 0.3 is 0 Å². The van der Waals surface area contributed by atoms with Gasteiger partial charge in [0.2, 0.25) is 0 Å². The first-order valence-corrected chi connectivity index (χ1v) is 6.46. The van der Waals surface area contributed by atoms with Gasteiger partial charge < -0.3 is 20.1 Å². The predicted molar refractivity (Wildman–Crippen MR) is 72.6 cm³/mol. The Morgan fingerprint density at radius 3 is 3.00 bits per heavy atom. The highest BCUT2D eigenvalue weighted by Crippen LogP contribution is 2.26. The zero-order chi connectivity index (χ0) is 13.8. The van der Waals surface area contributed by atoms with Crippen molar-refractivity contribution in [3.8, 4) is 11.5 Å². The number of benzene rings is 1. The van der Waals surface area contributed by atoms with E-state index in [4.69, 9.17) is 4.74 Å². The summed E-state index contributed by atoms with van der Waals surface area (Å²) in [5.74, 6) is 0.225. The minimum atomic E-state index is -0.126. The van der Waals surface area contributed by atoms with Crippen molar-refractivity contribution in [3.63, 3.8) is 0 Å². The van der Waals surface area contributed by atoms with E-state index in [1.54, 1.807) is 12.1 Å². The number of rotatable bonds is 3. The first-order valence-electron chi connectivity index (χ1n) is 6.46. The second-order valence-electron chi connectivity index (χ2n) is 4.96. The van der Waals surface area contributed by atoms with Crippen LogP contribution < -0.4 is 10.1 Å². The van der Waals surface area contributed by atoms with E-state index in [0.29, 0.717) is 11.3 Å². The molecule has 2 N–H and O–H groups in total. The summed E-state index contributed by atoms with van der Waals surface area (Å²) in [6.07, 6.45) is 2.10. The molecule has 0 spiro atoms. The van der Waals surface area contributed by atoms with Crippen molar-refractivity contribution in [1.82, 2.24) is 10.2 Å².